The van der Waals surface area contributed by atoms with Crippen molar-refractivity contribution in [1.82, 2.24) is 0 Å². The van der Waals surface area contributed by atoms with Crippen LogP contribution in [0.2, 0.25) is 0 Å². The van der Waals surface area contributed by atoms with Crippen LogP contribution in [-0.2, 0) is 32.7 Å². The Balaban J connectivity index is 4.57. The summed E-state index contributed by atoms with van der Waals surface area (Å²) in [5, 5.41) is 38.3. The molecule has 0 aromatic rings. The zero-order valence-electron chi connectivity index (χ0n) is 35.6. The first-order valence-corrected chi connectivity index (χ1v) is 23.0. The van der Waals surface area contributed by atoms with E-state index in [9.17, 15) is 34.4 Å². The Morgan fingerprint density at radius 2 is 1.28 bits per heavy atom. The summed E-state index contributed by atoms with van der Waals surface area (Å²) in [4.78, 5) is 35.0. The van der Waals surface area contributed by atoms with Crippen LogP contribution in [0.3, 0.4) is 0 Å². The van der Waals surface area contributed by atoms with Gasteiger partial charge in [-0.3, -0.25) is 18.6 Å². The lowest BCUT2D eigenvalue weighted by Gasteiger charge is -2.20. The highest BCUT2D eigenvalue weighted by atomic mass is 31.2. The third kappa shape index (κ3) is 37.6. The topological polar surface area (TPSA) is 189 Å². The fourth-order valence-corrected chi connectivity index (χ4v) is 6.14. The number of phosphoric ester groups is 1. The molecule has 2 unspecified atom stereocenters. The van der Waals surface area contributed by atoms with Gasteiger partial charge in [0.05, 0.1) is 32.0 Å². The molecule has 0 radical (unpaired) electrons. The van der Waals surface area contributed by atoms with Crippen molar-refractivity contribution in [3.8, 4) is 0 Å². The van der Waals surface area contributed by atoms with Crippen molar-refractivity contribution in [3.05, 3.63) is 72.9 Å². The van der Waals surface area contributed by atoms with Crippen LogP contribution in [0.5, 0.6) is 0 Å². The molecular weight excluding hydrogens is 763 g/mol. The Hall–Kier alpha value is -2.67. The molecule has 6 atom stereocenters. The number of aliphatic hydroxyl groups excluding tert-OH is 4. The maximum absolute atomic E-state index is 12.6. The minimum absolute atomic E-state index is 0.0526. The lowest BCUT2D eigenvalue weighted by molar-refractivity contribution is -0.161. The SMILES string of the molecule is CC/C=C\C[C@@H](O)/C=C/C=C\C/C=C\C=C\[C@@H](O)/C=C\CCCC(=O)OC[C@H](COP(=O)(O)OC[C@@H](O)CO)OC(=O)CCCCCCCCCCCCC(C)CC. The van der Waals surface area contributed by atoms with Crippen LogP contribution < -0.4 is 0 Å². The summed E-state index contributed by atoms with van der Waals surface area (Å²) in [7, 11) is -4.67. The predicted molar refractivity (Wildman–Crippen MR) is 231 cm³/mol. The first-order valence-electron chi connectivity index (χ1n) is 21.5. The minimum Gasteiger partial charge on any atom is -0.462 e. The molecule has 5 N–H and O–H groups in total. The van der Waals surface area contributed by atoms with E-state index in [1.165, 1.54) is 51.4 Å². The summed E-state index contributed by atoms with van der Waals surface area (Å²) < 4.78 is 32.5. The number of allylic oxidation sites excluding steroid dienone is 8. The van der Waals surface area contributed by atoms with E-state index in [2.05, 4.69) is 18.4 Å². The quantitative estimate of drug-likeness (QED) is 0.0131. The first-order chi connectivity index (χ1) is 27.9. The van der Waals surface area contributed by atoms with Crippen LogP contribution >= 0.6 is 7.82 Å². The number of carbonyl (C=O) groups is 2. The van der Waals surface area contributed by atoms with Crippen LogP contribution in [0.15, 0.2) is 72.9 Å². The van der Waals surface area contributed by atoms with Gasteiger partial charge in [0.25, 0.3) is 0 Å². The second-order valence-corrected chi connectivity index (χ2v) is 16.1. The molecule has 0 bridgehead atoms. The number of carbonyl (C=O) groups excluding carboxylic acids is 2. The van der Waals surface area contributed by atoms with E-state index in [1.807, 2.05) is 49.5 Å². The lowest BCUT2D eigenvalue weighted by atomic mass is 9.99. The lowest BCUT2D eigenvalue weighted by Crippen LogP contribution is -2.29. The van der Waals surface area contributed by atoms with Crippen molar-refractivity contribution in [2.24, 2.45) is 5.92 Å². The number of unbranched alkanes of at least 4 members (excludes halogenated alkanes) is 10. The van der Waals surface area contributed by atoms with Gasteiger partial charge in [-0.05, 0) is 44.4 Å². The zero-order chi connectivity index (χ0) is 43.1. The van der Waals surface area contributed by atoms with Crippen molar-refractivity contribution in [1.29, 1.82) is 0 Å². The number of hydrogen-bond donors (Lipinski definition) is 5. The summed E-state index contributed by atoms with van der Waals surface area (Å²) in [5.74, 6) is -0.293. The molecule has 0 rings (SSSR count). The minimum atomic E-state index is -4.67. The van der Waals surface area contributed by atoms with Gasteiger partial charge in [0.1, 0.15) is 12.7 Å². The van der Waals surface area contributed by atoms with Crippen LogP contribution in [-0.4, -0.2) is 88.1 Å². The second-order valence-electron chi connectivity index (χ2n) is 14.6. The maximum atomic E-state index is 12.6. The molecule has 0 aliphatic rings. The standard InChI is InChI=1S/C45H77O12P/c1-4-6-21-29-40(47)30-23-17-13-11-14-18-24-31-41(48)32-25-20-27-33-44(50)54-37-43(38-56-58(52,53)55-36-42(49)35-46)57-45(51)34-26-19-15-10-8-7-9-12-16-22-28-39(3)5-2/h6,13-14,17-18,21,23-25,30-32,39-43,46-49H,4-5,7-12,15-16,19-20,22,26-29,33-38H2,1-3H3,(H,52,53)/b17-13-,18-14-,21-6-,30-23+,31-24+,32-25-/t39?,40-,41-,42+,43-/m1/s1. The summed E-state index contributed by atoms with van der Waals surface area (Å²) in [6.45, 7) is 4.28. The molecule has 0 aliphatic carbocycles. The van der Waals surface area contributed by atoms with Crippen molar-refractivity contribution in [2.45, 2.75) is 167 Å². The van der Waals surface area contributed by atoms with Crippen molar-refractivity contribution < 1.29 is 58.0 Å². The molecule has 334 valence electrons. The number of phosphoric acid groups is 1. The normalized spacial score (nSPS) is 16.2. The van der Waals surface area contributed by atoms with E-state index in [4.69, 9.17) is 19.1 Å². The molecule has 13 heteroatoms. The maximum Gasteiger partial charge on any atom is 0.472 e. The molecule has 0 aromatic carbocycles. The van der Waals surface area contributed by atoms with E-state index >= 15 is 0 Å². The molecule has 0 fully saturated rings. The molecule has 0 amide bonds. The smallest absolute Gasteiger partial charge is 0.462 e. The number of aliphatic hydroxyl groups is 4. The molecule has 0 aromatic heterocycles. The highest BCUT2D eigenvalue weighted by Crippen LogP contribution is 2.43. The van der Waals surface area contributed by atoms with Crippen molar-refractivity contribution >= 4 is 19.8 Å². The van der Waals surface area contributed by atoms with Crippen molar-refractivity contribution in [3.63, 3.8) is 0 Å². The molecule has 0 heterocycles. The fourth-order valence-electron chi connectivity index (χ4n) is 5.36. The second kappa shape index (κ2) is 38.5. The Labute approximate surface area is 349 Å². The summed E-state index contributed by atoms with van der Waals surface area (Å²) in [6, 6.07) is 0. The van der Waals surface area contributed by atoms with Gasteiger partial charge in [-0.2, -0.15) is 0 Å². The molecule has 0 aliphatic heterocycles. The summed E-state index contributed by atoms with van der Waals surface area (Å²) in [5.41, 5.74) is 0. The predicted octanol–water partition coefficient (Wildman–Crippen LogP) is 9.08. The van der Waals surface area contributed by atoms with Crippen LogP contribution in [0.1, 0.15) is 143 Å². The Morgan fingerprint density at radius 1 is 0.672 bits per heavy atom. The first kappa shape index (κ1) is 55.3. The number of hydrogen-bond acceptors (Lipinski definition) is 11. The molecule has 12 nitrogen and oxygen atoms in total. The van der Waals surface area contributed by atoms with Crippen molar-refractivity contribution in [2.75, 3.05) is 26.4 Å². The fraction of sp³-hybridized carbons (Fsp3) is 0.689. The highest BCUT2D eigenvalue weighted by molar-refractivity contribution is 7.47. The third-order valence-corrected chi connectivity index (χ3v) is 10.0. The van der Waals surface area contributed by atoms with Crippen LogP contribution in [0.4, 0.5) is 0 Å². The highest BCUT2D eigenvalue weighted by Gasteiger charge is 2.27. The van der Waals surface area contributed by atoms with E-state index in [0.717, 1.165) is 31.6 Å². The van der Waals surface area contributed by atoms with Crippen LogP contribution in [0, 0.1) is 5.92 Å². The largest absolute Gasteiger partial charge is 0.472 e. The molecule has 58 heavy (non-hydrogen) atoms. The number of rotatable bonds is 38. The van der Waals surface area contributed by atoms with Gasteiger partial charge in [0, 0.05) is 12.8 Å². The monoisotopic (exact) mass is 841 g/mol. The Kier molecular flexibility index (Phi) is 36.8. The number of esters is 2. The van der Waals surface area contributed by atoms with Gasteiger partial charge in [0.2, 0.25) is 0 Å². The average molecular weight is 841 g/mol. The van der Waals surface area contributed by atoms with Gasteiger partial charge in [-0.1, -0.05) is 164 Å². The molecule has 0 saturated heterocycles. The molecular formula is C45H77O12P. The molecule has 0 saturated carbocycles. The van der Waals surface area contributed by atoms with E-state index in [1.54, 1.807) is 30.4 Å². The van der Waals surface area contributed by atoms with Gasteiger partial charge in [0.15, 0.2) is 6.10 Å². The average Bonchev–Trinajstić information content (AvgIpc) is 3.20. The summed E-state index contributed by atoms with van der Waals surface area (Å²) >= 11 is 0. The van der Waals surface area contributed by atoms with E-state index < -0.39 is 70.6 Å². The van der Waals surface area contributed by atoms with Gasteiger partial charge in [-0.25, -0.2) is 4.57 Å². The van der Waals surface area contributed by atoms with Gasteiger partial charge < -0.3 is 34.8 Å². The van der Waals surface area contributed by atoms with Gasteiger partial charge >= 0.3 is 19.8 Å². The van der Waals surface area contributed by atoms with E-state index in [-0.39, 0.29) is 12.8 Å². The third-order valence-electron chi connectivity index (χ3n) is 9.09. The van der Waals surface area contributed by atoms with Gasteiger partial charge in [-0.15, -0.1) is 0 Å². The zero-order valence-corrected chi connectivity index (χ0v) is 36.5. The van der Waals surface area contributed by atoms with Crippen LogP contribution in [0.25, 0.3) is 0 Å². The number of ether oxygens (including phenoxy) is 2. The Morgan fingerprint density at radius 3 is 1.91 bits per heavy atom. The van der Waals surface area contributed by atoms with E-state index in [0.29, 0.717) is 32.1 Å². The summed E-state index contributed by atoms with van der Waals surface area (Å²) in [6.07, 6.45) is 35.2. The molecule has 0 spiro atoms. The Bertz CT molecular complexity index is 1240.